The third-order valence-electron chi connectivity index (χ3n) is 3.71. The second kappa shape index (κ2) is 9.07. The zero-order valence-corrected chi connectivity index (χ0v) is 14.0. The first-order chi connectivity index (χ1) is 10.5. The highest BCUT2D eigenvalue weighted by Gasteiger charge is 2.13. The molecule has 0 bridgehead atoms. The smallest absolute Gasteiger partial charge is 0.251 e. The van der Waals surface area contributed by atoms with Crippen molar-refractivity contribution in [2.75, 3.05) is 32.1 Å². The highest BCUT2D eigenvalue weighted by atomic mass is 16.2. The average Bonchev–Trinajstić information content (AvgIpc) is 2.52. The zero-order chi connectivity index (χ0) is 16.5. The van der Waals surface area contributed by atoms with Crippen molar-refractivity contribution in [2.45, 2.75) is 26.7 Å². The number of benzene rings is 1. The molecule has 0 aromatic heterocycles. The lowest BCUT2D eigenvalue weighted by atomic mass is 10.0. The van der Waals surface area contributed by atoms with Gasteiger partial charge in [0.25, 0.3) is 5.91 Å². The van der Waals surface area contributed by atoms with Crippen LogP contribution in [-0.4, -0.2) is 39.0 Å². The Balaban J connectivity index is 2.36. The predicted molar refractivity (Wildman–Crippen MR) is 90.2 cm³/mol. The third kappa shape index (κ3) is 5.39. The number of carbonyl (C=O) groups excluding carboxylic acids is 2. The summed E-state index contributed by atoms with van der Waals surface area (Å²) in [4.78, 5) is 25.8. The average molecular weight is 305 g/mol. The first-order valence-corrected chi connectivity index (χ1v) is 7.82. The van der Waals surface area contributed by atoms with Crippen LogP contribution in [0.3, 0.4) is 0 Å². The van der Waals surface area contributed by atoms with Gasteiger partial charge in [0.2, 0.25) is 5.91 Å². The van der Waals surface area contributed by atoms with Gasteiger partial charge in [-0.1, -0.05) is 13.8 Å². The van der Waals surface area contributed by atoms with Crippen molar-refractivity contribution in [3.8, 4) is 0 Å². The molecule has 1 rings (SSSR count). The topological polar surface area (TPSA) is 61.4 Å². The summed E-state index contributed by atoms with van der Waals surface area (Å²) in [6, 6.07) is 7.41. The van der Waals surface area contributed by atoms with Gasteiger partial charge in [-0.2, -0.15) is 0 Å². The molecule has 0 saturated carbocycles. The van der Waals surface area contributed by atoms with Crippen LogP contribution >= 0.6 is 0 Å². The Morgan fingerprint density at radius 2 is 1.55 bits per heavy atom. The molecule has 22 heavy (non-hydrogen) atoms. The van der Waals surface area contributed by atoms with Crippen molar-refractivity contribution in [1.82, 2.24) is 10.6 Å². The normalized spacial score (nSPS) is 10.4. The van der Waals surface area contributed by atoms with Crippen LogP contribution in [0, 0.1) is 5.92 Å². The quantitative estimate of drug-likeness (QED) is 0.723. The van der Waals surface area contributed by atoms with Gasteiger partial charge in [-0.25, -0.2) is 0 Å². The fourth-order valence-electron chi connectivity index (χ4n) is 2.18. The Bertz CT molecular complexity index is 479. The molecule has 0 atom stereocenters. The molecular weight excluding hydrogens is 278 g/mol. The Labute approximate surface area is 133 Å². The van der Waals surface area contributed by atoms with Crippen LogP contribution in [0.25, 0.3) is 0 Å². The number of rotatable bonds is 8. The van der Waals surface area contributed by atoms with Gasteiger partial charge >= 0.3 is 0 Å². The second-order valence-corrected chi connectivity index (χ2v) is 5.50. The lowest BCUT2D eigenvalue weighted by Gasteiger charge is -2.14. The number of nitrogens with zero attached hydrogens (tertiary/aromatic N) is 1. The molecule has 0 saturated heterocycles. The van der Waals surface area contributed by atoms with E-state index in [0.29, 0.717) is 18.7 Å². The molecule has 0 aliphatic carbocycles. The van der Waals surface area contributed by atoms with E-state index in [-0.39, 0.29) is 17.7 Å². The van der Waals surface area contributed by atoms with Crippen LogP contribution in [0.2, 0.25) is 0 Å². The van der Waals surface area contributed by atoms with E-state index in [4.69, 9.17) is 0 Å². The fraction of sp³-hybridized carbons (Fsp3) is 0.529. The molecule has 0 heterocycles. The first kappa shape index (κ1) is 18.0. The summed E-state index contributed by atoms with van der Waals surface area (Å²) in [5, 5.41) is 5.67. The van der Waals surface area contributed by atoms with Crippen LogP contribution < -0.4 is 15.5 Å². The van der Waals surface area contributed by atoms with Gasteiger partial charge in [-0.15, -0.1) is 0 Å². The molecule has 0 fully saturated rings. The number of nitrogens with one attached hydrogen (secondary N) is 2. The van der Waals surface area contributed by atoms with Crippen molar-refractivity contribution in [2.24, 2.45) is 5.92 Å². The Morgan fingerprint density at radius 3 is 2.05 bits per heavy atom. The van der Waals surface area contributed by atoms with Crippen molar-refractivity contribution in [3.63, 3.8) is 0 Å². The number of amides is 2. The van der Waals surface area contributed by atoms with Gasteiger partial charge in [-0.3, -0.25) is 9.59 Å². The summed E-state index contributed by atoms with van der Waals surface area (Å²) in [5.74, 6) is 0.00551. The lowest BCUT2D eigenvalue weighted by Crippen LogP contribution is -2.37. The van der Waals surface area contributed by atoms with E-state index in [9.17, 15) is 9.59 Å². The second-order valence-electron chi connectivity index (χ2n) is 5.50. The monoisotopic (exact) mass is 305 g/mol. The van der Waals surface area contributed by atoms with Gasteiger partial charge < -0.3 is 15.5 Å². The zero-order valence-electron chi connectivity index (χ0n) is 14.0. The highest BCUT2D eigenvalue weighted by Crippen LogP contribution is 2.12. The molecule has 2 N–H and O–H groups in total. The lowest BCUT2D eigenvalue weighted by molar-refractivity contribution is -0.125. The molecule has 1 aromatic carbocycles. The van der Waals surface area contributed by atoms with Gasteiger partial charge in [0, 0.05) is 44.4 Å². The molecule has 122 valence electrons. The Kier molecular flexibility index (Phi) is 7.43. The summed E-state index contributed by atoms with van der Waals surface area (Å²) in [5.41, 5.74) is 1.67. The summed E-state index contributed by atoms with van der Waals surface area (Å²) < 4.78 is 0. The minimum Gasteiger partial charge on any atom is -0.378 e. The van der Waals surface area contributed by atoms with E-state index in [1.54, 1.807) is 12.1 Å². The molecule has 0 aliphatic rings. The van der Waals surface area contributed by atoms with Gasteiger partial charge in [0.05, 0.1) is 0 Å². The summed E-state index contributed by atoms with van der Waals surface area (Å²) in [6.07, 6.45) is 1.68. The molecule has 5 nitrogen and oxygen atoms in total. The number of hydrogen-bond donors (Lipinski definition) is 2. The number of anilines is 1. The van der Waals surface area contributed by atoms with Crippen LogP contribution in [0.5, 0.6) is 0 Å². The van der Waals surface area contributed by atoms with Crippen LogP contribution in [-0.2, 0) is 4.79 Å². The SMILES string of the molecule is CCC(CC)C(=O)NCCNC(=O)c1ccc(N(C)C)cc1. The van der Waals surface area contributed by atoms with Gasteiger partial charge in [0.1, 0.15) is 0 Å². The van der Waals surface area contributed by atoms with E-state index >= 15 is 0 Å². The van der Waals surface area contributed by atoms with E-state index in [0.717, 1.165) is 18.5 Å². The first-order valence-electron chi connectivity index (χ1n) is 7.82. The fourth-order valence-corrected chi connectivity index (χ4v) is 2.18. The molecule has 0 spiro atoms. The maximum absolute atomic E-state index is 12.0. The third-order valence-corrected chi connectivity index (χ3v) is 3.71. The maximum atomic E-state index is 12.0. The molecule has 1 aromatic rings. The minimum atomic E-state index is -0.123. The summed E-state index contributed by atoms with van der Waals surface area (Å²) >= 11 is 0. The maximum Gasteiger partial charge on any atom is 0.251 e. The van der Waals surface area contributed by atoms with E-state index < -0.39 is 0 Å². The summed E-state index contributed by atoms with van der Waals surface area (Å²) in [6.45, 7) is 4.90. The van der Waals surface area contributed by atoms with Crippen molar-refractivity contribution in [1.29, 1.82) is 0 Å². The molecule has 0 unspecified atom stereocenters. The molecule has 0 aliphatic heterocycles. The Morgan fingerprint density at radius 1 is 1.00 bits per heavy atom. The molecular formula is C17H27N3O2. The Hall–Kier alpha value is -2.04. The van der Waals surface area contributed by atoms with E-state index in [2.05, 4.69) is 10.6 Å². The van der Waals surface area contributed by atoms with Crippen LogP contribution in [0.15, 0.2) is 24.3 Å². The highest BCUT2D eigenvalue weighted by molar-refractivity contribution is 5.94. The minimum absolute atomic E-state index is 0.0641. The standard InChI is InChI=1S/C17H27N3O2/c1-5-13(6-2)16(21)18-11-12-19-17(22)14-7-9-15(10-8-14)20(3)4/h7-10,13H,5-6,11-12H2,1-4H3,(H,18,21)(H,19,22). The van der Waals surface area contributed by atoms with Crippen LogP contribution in [0.4, 0.5) is 5.69 Å². The van der Waals surface area contributed by atoms with Crippen LogP contribution in [0.1, 0.15) is 37.0 Å². The van der Waals surface area contributed by atoms with Crippen molar-refractivity contribution in [3.05, 3.63) is 29.8 Å². The van der Waals surface area contributed by atoms with Gasteiger partial charge in [0.15, 0.2) is 0 Å². The van der Waals surface area contributed by atoms with Crippen molar-refractivity contribution < 1.29 is 9.59 Å². The van der Waals surface area contributed by atoms with Gasteiger partial charge in [-0.05, 0) is 37.1 Å². The molecule has 5 heteroatoms. The van der Waals surface area contributed by atoms with Crippen molar-refractivity contribution >= 4 is 17.5 Å². The number of carbonyl (C=O) groups is 2. The predicted octanol–water partition coefficient (Wildman–Crippen LogP) is 2.03. The summed E-state index contributed by atoms with van der Waals surface area (Å²) in [7, 11) is 3.91. The largest absolute Gasteiger partial charge is 0.378 e. The molecule has 2 amide bonds. The molecule has 0 radical (unpaired) electrons. The number of hydrogen-bond acceptors (Lipinski definition) is 3. The van der Waals surface area contributed by atoms with E-state index in [1.165, 1.54) is 0 Å². The van der Waals surface area contributed by atoms with E-state index in [1.807, 2.05) is 45.0 Å².